The normalized spacial score (nSPS) is 21.5. The van der Waals surface area contributed by atoms with E-state index in [1.54, 1.807) is 25.7 Å². The van der Waals surface area contributed by atoms with Gasteiger partial charge in [0.2, 0.25) is 17.8 Å². The van der Waals surface area contributed by atoms with Crippen LogP contribution in [0.2, 0.25) is 0 Å². The summed E-state index contributed by atoms with van der Waals surface area (Å²) in [4.78, 5) is 32.0. The molecule has 0 saturated heterocycles. The highest BCUT2D eigenvalue weighted by Crippen LogP contribution is 2.32. The van der Waals surface area contributed by atoms with Crippen molar-refractivity contribution in [2.24, 2.45) is 5.92 Å². The van der Waals surface area contributed by atoms with Crippen molar-refractivity contribution >= 4 is 12.0 Å². The third kappa shape index (κ3) is 5.83. The minimum absolute atomic E-state index is 0.0901. The lowest BCUT2D eigenvalue weighted by molar-refractivity contribution is -0.891. The zero-order valence-electron chi connectivity index (χ0n) is 18.9. The Morgan fingerprint density at radius 1 is 1.22 bits per heavy atom. The van der Waals surface area contributed by atoms with E-state index >= 15 is 0 Å². The zero-order chi connectivity index (χ0) is 23.7. The Bertz CT molecular complexity index is 867. The first-order chi connectivity index (χ1) is 14.9. The fraction of sp³-hybridized carbons (Fsp3) is 0.682. The Labute approximate surface area is 185 Å². The molecule has 0 aromatic carbocycles. The number of pyridine rings is 1. The smallest absolute Gasteiger partial charge is 0.422 e. The van der Waals surface area contributed by atoms with Crippen LogP contribution in [-0.4, -0.2) is 42.2 Å². The van der Waals surface area contributed by atoms with Crippen LogP contribution in [0.25, 0.3) is 0 Å². The highest BCUT2D eigenvalue weighted by molar-refractivity contribution is 5.79. The summed E-state index contributed by atoms with van der Waals surface area (Å²) in [5.41, 5.74) is -0.332. The van der Waals surface area contributed by atoms with Gasteiger partial charge in [-0.3, -0.25) is 9.63 Å². The molecule has 2 atom stereocenters. The molecule has 2 heterocycles. The fourth-order valence-electron chi connectivity index (χ4n) is 4.36. The summed E-state index contributed by atoms with van der Waals surface area (Å²) >= 11 is 0. The summed E-state index contributed by atoms with van der Waals surface area (Å²) in [5, 5.41) is 2.81. The van der Waals surface area contributed by atoms with Gasteiger partial charge in [0.15, 0.2) is 0 Å². The third-order valence-corrected chi connectivity index (χ3v) is 5.76. The number of alkyl carbamates (subject to hydrolysis) is 1. The van der Waals surface area contributed by atoms with E-state index in [9.17, 15) is 22.8 Å². The van der Waals surface area contributed by atoms with E-state index in [1.807, 2.05) is 0 Å². The molecule has 0 radical (unpaired) electrons. The molecule has 1 unspecified atom stereocenters. The highest BCUT2D eigenvalue weighted by Gasteiger charge is 2.39. The summed E-state index contributed by atoms with van der Waals surface area (Å²) in [7, 11) is 1.32. The number of rotatable bonds is 3. The van der Waals surface area contributed by atoms with Crippen molar-refractivity contribution in [1.82, 2.24) is 10.2 Å². The second kappa shape index (κ2) is 9.15. The summed E-state index contributed by atoms with van der Waals surface area (Å²) in [5.74, 6) is -0.371. The third-order valence-electron chi connectivity index (χ3n) is 5.76. The van der Waals surface area contributed by atoms with Crippen LogP contribution in [0.3, 0.4) is 0 Å². The van der Waals surface area contributed by atoms with E-state index in [-0.39, 0.29) is 24.4 Å². The first-order valence-electron chi connectivity index (χ1n) is 10.8. The average molecular weight is 459 g/mol. The van der Waals surface area contributed by atoms with Gasteiger partial charge >= 0.3 is 12.3 Å². The van der Waals surface area contributed by atoms with Crippen LogP contribution in [0.1, 0.15) is 63.3 Å². The maximum Gasteiger partial charge on any atom is 0.422 e. The molecule has 7 nitrogen and oxygen atoms in total. The second-order valence-corrected chi connectivity index (χ2v) is 9.42. The predicted octanol–water partition coefficient (Wildman–Crippen LogP) is 3.02. The summed E-state index contributed by atoms with van der Waals surface area (Å²) in [6, 6.07) is 0.948. The van der Waals surface area contributed by atoms with Gasteiger partial charge in [-0.1, -0.05) is 0 Å². The number of ether oxygens (including phenoxy) is 1. The lowest BCUT2D eigenvalue weighted by Crippen LogP contribution is -2.46. The summed E-state index contributed by atoms with van der Waals surface area (Å²) in [6.07, 6.45) is -1.18. The lowest BCUT2D eigenvalue weighted by Gasteiger charge is -2.24. The SMILES string of the molecule is CO[n+]1cc(C(F)(F)F)cc2c1CCCN(C(=O)[C@H]1CCC(NC(=O)OC(C)(C)C)C1)C2. The fourth-order valence-corrected chi connectivity index (χ4v) is 4.36. The Hall–Kier alpha value is -2.52. The summed E-state index contributed by atoms with van der Waals surface area (Å²) in [6.45, 7) is 5.90. The molecule has 32 heavy (non-hydrogen) atoms. The predicted molar refractivity (Wildman–Crippen MR) is 108 cm³/mol. The van der Waals surface area contributed by atoms with Crippen molar-refractivity contribution < 1.29 is 37.1 Å². The lowest BCUT2D eigenvalue weighted by atomic mass is 10.1. The number of hydrogen-bond donors (Lipinski definition) is 1. The van der Waals surface area contributed by atoms with Gasteiger partial charge in [-0.25, -0.2) is 4.79 Å². The van der Waals surface area contributed by atoms with Crippen molar-refractivity contribution in [2.45, 2.75) is 77.2 Å². The molecule has 10 heteroatoms. The minimum Gasteiger partial charge on any atom is -0.444 e. The first-order valence-corrected chi connectivity index (χ1v) is 10.8. The van der Waals surface area contributed by atoms with Crippen LogP contribution < -0.4 is 14.9 Å². The van der Waals surface area contributed by atoms with Gasteiger partial charge in [-0.05, 0) is 52.5 Å². The number of nitrogens with zero attached hydrogens (tertiary/aromatic N) is 2. The number of fused-ring (bicyclic) bond motifs is 1. The maximum atomic E-state index is 13.3. The van der Waals surface area contributed by atoms with Gasteiger partial charge in [0.1, 0.15) is 18.3 Å². The number of nitrogens with one attached hydrogen (secondary N) is 1. The molecule has 1 N–H and O–H groups in total. The van der Waals surface area contributed by atoms with Crippen molar-refractivity contribution in [3.63, 3.8) is 0 Å². The molecule has 1 saturated carbocycles. The first kappa shape index (κ1) is 24.1. The largest absolute Gasteiger partial charge is 0.444 e. The van der Waals surface area contributed by atoms with Crippen molar-refractivity contribution in [1.29, 1.82) is 0 Å². The van der Waals surface area contributed by atoms with Crippen LogP contribution in [0, 0.1) is 5.92 Å². The van der Waals surface area contributed by atoms with Crippen LogP contribution in [0.5, 0.6) is 0 Å². The number of amides is 2. The zero-order valence-corrected chi connectivity index (χ0v) is 18.9. The van der Waals surface area contributed by atoms with Crippen LogP contribution in [-0.2, 0) is 28.7 Å². The topological polar surface area (TPSA) is 71.8 Å². The number of halogens is 3. The summed E-state index contributed by atoms with van der Waals surface area (Å²) < 4.78 is 46.4. The standard InChI is InChI=1S/C22H30F3N3O4/c1-21(2,3)32-20(30)26-17-8-7-14(11-17)19(29)27-9-5-6-18-15(12-27)10-16(22(23,24)25)13-28(18)31-4/h10,13-14,17H,5-9,11-12H2,1-4H3/p+1/t14-,17?/m0/s1. The minimum atomic E-state index is -4.51. The van der Waals surface area contributed by atoms with E-state index in [0.717, 1.165) is 17.0 Å². The molecule has 2 aliphatic rings. The van der Waals surface area contributed by atoms with Gasteiger partial charge in [0, 0.05) is 35.2 Å². The molecule has 1 aliphatic heterocycles. The number of carbonyl (C=O) groups is 2. The van der Waals surface area contributed by atoms with Gasteiger partial charge in [0.25, 0.3) is 0 Å². The number of carbonyl (C=O) groups excluding carboxylic acids is 2. The molecule has 1 aromatic rings. The van der Waals surface area contributed by atoms with E-state index in [4.69, 9.17) is 9.57 Å². The van der Waals surface area contributed by atoms with Crippen LogP contribution in [0.4, 0.5) is 18.0 Å². The monoisotopic (exact) mass is 458 g/mol. The second-order valence-electron chi connectivity index (χ2n) is 9.42. The Morgan fingerprint density at radius 3 is 2.56 bits per heavy atom. The van der Waals surface area contributed by atoms with Gasteiger partial charge in [0.05, 0.1) is 6.54 Å². The van der Waals surface area contributed by atoms with E-state index in [0.29, 0.717) is 49.9 Å². The van der Waals surface area contributed by atoms with Crippen molar-refractivity contribution in [3.05, 3.63) is 29.1 Å². The molecular formula is C22H31F3N3O4+. The average Bonchev–Trinajstić information content (AvgIpc) is 3.01. The molecule has 3 rings (SSSR count). The molecule has 1 fully saturated rings. The number of aromatic nitrogens is 1. The molecule has 1 aromatic heterocycles. The molecule has 1 aliphatic carbocycles. The van der Waals surface area contributed by atoms with Gasteiger partial charge in [-0.2, -0.15) is 13.2 Å². The number of hydrogen-bond acceptors (Lipinski definition) is 4. The van der Waals surface area contributed by atoms with Crippen LogP contribution >= 0.6 is 0 Å². The van der Waals surface area contributed by atoms with Gasteiger partial charge < -0.3 is 15.0 Å². The maximum absolute atomic E-state index is 13.3. The molecule has 178 valence electrons. The van der Waals surface area contributed by atoms with E-state index in [1.165, 1.54) is 7.11 Å². The Kier molecular flexibility index (Phi) is 6.90. The molecule has 2 amide bonds. The molecule has 0 bridgehead atoms. The molecule has 0 spiro atoms. The Morgan fingerprint density at radius 2 is 1.94 bits per heavy atom. The van der Waals surface area contributed by atoms with Crippen molar-refractivity contribution in [3.8, 4) is 0 Å². The van der Waals surface area contributed by atoms with Crippen molar-refractivity contribution in [2.75, 3.05) is 13.7 Å². The Balaban J connectivity index is 1.70. The van der Waals surface area contributed by atoms with Gasteiger partial charge in [-0.15, -0.1) is 0 Å². The van der Waals surface area contributed by atoms with E-state index < -0.39 is 23.4 Å². The van der Waals surface area contributed by atoms with Crippen LogP contribution in [0.15, 0.2) is 12.3 Å². The number of alkyl halides is 3. The molecular weight excluding hydrogens is 427 g/mol. The quantitative estimate of drug-likeness (QED) is 0.707. The van der Waals surface area contributed by atoms with E-state index in [2.05, 4.69) is 5.32 Å². The highest BCUT2D eigenvalue weighted by atomic mass is 19.4.